The fourth-order valence-electron chi connectivity index (χ4n) is 3.35. The van der Waals surface area contributed by atoms with Crippen molar-refractivity contribution in [3.05, 3.63) is 65.7 Å². The number of nitrogens with one attached hydrogen (secondary N) is 2. The minimum Gasteiger partial charge on any atom is -0.496 e. The molecule has 0 aromatic heterocycles. The molecular formula is C25H32N2O5. The van der Waals surface area contributed by atoms with Crippen LogP contribution in [0.4, 0.5) is 0 Å². The minimum atomic E-state index is -1.07. The maximum Gasteiger partial charge on any atom is 0.318 e. The first-order valence-corrected chi connectivity index (χ1v) is 10.7. The van der Waals surface area contributed by atoms with Crippen LogP contribution in [0.5, 0.6) is 5.75 Å². The SMILES string of the molecule is CCOC(=O)C(C)(CNC(=O)C(NC(=O)c1ccccc1OC)C(C)C)c1ccccc1. The lowest BCUT2D eigenvalue weighted by molar-refractivity contribution is -0.149. The number of carbonyl (C=O) groups is 3. The molecular weight excluding hydrogens is 408 g/mol. The molecule has 0 bridgehead atoms. The first-order valence-electron chi connectivity index (χ1n) is 10.7. The quantitative estimate of drug-likeness (QED) is 0.554. The lowest BCUT2D eigenvalue weighted by Crippen LogP contribution is -2.53. The monoisotopic (exact) mass is 440 g/mol. The van der Waals surface area contributed by atoms with Gasteiger partial charge in [-0.2, -0.15) is 0 Å². The van der Waals surface area contributed by atoms with Crippen LogP contribution in [0.1, 0.15) is 43.6 Å². The molecule has 2 unspecified atom stereocenters. The maximum atomic E-state index is 13.1. The number of rotatable bonds is 10. The number of para-hydroxylation sites is 1. The van der Waals surface area contributed by atoms with Gasteiger partial charge in [-0.3, -0.25) is 14.4 Å². The Kier molecular flexibility index (Phi) is 8.81. The van der Waals surface area contributed by atoms with E-state index < -0.39 is 23.3 Å². The molecule has 2 atom stereocenters. The third kappa shape index (κ3) is 5.87. The highest BCUT2D eigenvalue weighted by Gasteiger charge is 2.38. The number of esters is 1. The second-order valence-corrected chi connectivity index (χ2v) is 8.03. The van der Waals surface area contributed by atoms with Crippen LogP contribution in [0, 0.1) is 5.92 Å². The Morgan fingerprint density at radius 3 is 2.22 bits per heavy atom. The molecule has 7 heteroatoms. The molecule has 2 amide bonds. The van der Waals surface area contributed by atoms with Crippen molar-refractivity contribution in [3.8, 4) is 5.75 Å². The first kappa shape index (κ1) is 24.9. The number of ether oxygens (including phenoxy) is 2. The van der Waals surface area contributed by atoms with Crippen molar-refractivity contribution in [1.29, 1.82) is 0 Å². The summed E-state index contributed by atoms with van der Waals surface area (Å²) >= 11 is 0. The first-order chi connectivity index (χ1) is 15.2. The standard InChI is InChI=1S/C25H32N2O5/c1-6-32-24(30)25(4,18-12-8-7-9-13-18)16-26-23(29)21(17(2)3)27-22(28)19-14-10-11-15-20(19)31-5/h7-15,17,21H,6,16H2,1-5H3,(H,26,29)(H,27,28). The fraction of sp³-hybridized carbons (Fsp3) is 0.400. The van der Waals surface area contributed by atoms with Crippen molar-refractivity contribution in [2.24, 2.45) is 5.92 Å². The van der Waals surface area contributed by atoms with Gasteiger partial charge in [0.05, 0.1) is 19.3 Å². The lowest BCUT2D eigenvalue weighted by atomic mass is 9.82. The fourth-order valence-corrected chi connectivity index (χ4v) is 3.35. The molecule has 0 saturated carbocycles. The number of hydrogen-bond donors (Lipinski definition) is 2. The number of benzene rings is 2. The van der Waals surface area contributed by atoms with E-state index in [2.05, 4.69) is 10.6 Å². The van der Waals surface area contributed by atoms with Gasteiger partial charge in [0.25, 0.3) is 5.91 Å². The van der Waals surface area contributed by atoms with Gasteiger partial charge in [-0.25, -0.2) is 0 Å². The predicted molar refractivity (Wildman–Crippen MR) is 123 cm³/mol. The highest BCUT2D eigenvalue weighted by atomic mass is 16.5. The molecule has 2 N–H and O–H groups in total. The van der Waals surface area contributed by atoms with Crippen molar-refractivity contribution in [1.82, 2.24) is 10.6 Å². The van der Waals surface area contributed by atoms with E-state index in [4.69, 9.17) is 9.47 Å². The average molecular weight is 441 g/mol. The molecule has 2 aromatic rings. The van der Waals surface area contributed by atoms with Gasteiger partial charge in [-0.05, 0) is 37.5 Å². The van der Waals surface area contributed by atoms with Crippen molar-refractivity contribution >= 4 is 17.8 Å². The average Bonchev–Trinajstić information content (AvgIpc) is 2.81. The molecule has 2 rings (SSSR count). The molecule has 0 aliphatic rings. The Hall–Kier alpha value is -3.35. The van der Waals surface area contributed by atoms with Crippen LogP contribution in [-0.4, -0.2) is 44.1 Å². The van der Waals surface area contributed by atoms with Crippen molar-refractivity contribution in [2.45, 2.75) is 39.2 Å². The zero-order chi connectivity index (χ0) is 23.7. The highest BCUT2D eigenvalue weighted by molar-refractivity contribution is 5.99. The summed E-state index contributed by atoms with van der Waals surface area (Å²) in [5, 5.41) is 5.63. The van der Waals surface area contributed by atoms with Gasteiger partial charge in [0, 0.05) is 6.54 Å². The Labute approximate surface area is 189 Å². The summed E-state index contributed by atoms with van der Waals surface area (Å²) in [6, 6.07) is 15.2. The van der Waals surface area contributed by atoms with Gasteiger partial charge in [0.2, 0.25) is 5.91 Å². The van der Waals surface area contributed by atoms with Gasteiger partial charge in [0.15, 0.2) is 0 Å². The molecule has 7 nitrogen and oxygen atoms in total. The molecule has 32 heavy (non-hydrogen) atoms. The van der Waals surface area contributed by atoms with E-state index in [1.54, 1.807) is 38.1 Å². The van der Waals surface area contributed by atoms with Crippen molar-refractivity contribution in [3.63, 3.8) is 0 Å². The zero-order valence-corrected chi connectivity index (χ0v) is 19.3. The van der Waals surface area contributed by atoms with Crippen molar-refractivity contribution < 1.29 is 23.9 Å². The summed E-state index contributed by atoms with van der Waals surface area (Å²) in [5.41, 5.74) is 0.00759. The number of amides is 2. The second-order valence-electron chi connectivity index (χ2n) is 8.03. The maximum absolute atomic E-state index is 13.1. The van der Waals surface area contributed by atoms with E-state index in [9.17, 15) is 14.4 Å². The smallest absolute Gasteiger partial charge is 0.318 e. The van der Waals surface area contributed by atoms with E-state index in [0.29, 0.717) is 11.3 Å². The molecule has 2 aromatic carbocycles. The number of carbonyl (C=O) groups excluding carboxylic acids is 3. The van der Waals surface area contributed by atoms with Crippen LogP contribution in [0.15, 0.2) is 54.6 Å². The molecule has 0 radical (unpaired) electrons. The molecule has 172 valence electrons. The van der Waals surface area contributed by atoms with Gasteiger partial charge in [-0.15, -0.1) is 0 Å². The third-order valence-corrected chi connectivity index (χ3v) is 5.34. The van der Waals surface area contributed by atoms with E-state index in [0.717, 1.165) is 5.56 Å². The highest BCUT2D eigenvalue weighted by Crippen LogP contribution is 2.25. The Bertz CT molecular complexity index is 929. The number of methoxy groups -OCH3 is 1. The van der Waals surface area contributed by atoms with Crippen LogP contribution in [-0.2, 0) is 19.7 Å². The summed E-state index contributed by atoms with van der Waals surface area (Å²) in [6.07, 6.45) is 0. The summed E-state index contributed by atoms with van der Waals surface area (Å²) in [6.45, 7) is 7.42. The normalized spacial score (nSPS) is 13.6. The van der Waals surface area contributed by atoms with Gasteiger partial charge < -0.3 is 20.1 Å². The molecule has 0 spiro atoms. The second kappa shape index (κ2) is 11.3. The zero-order valence-electron chi connectivity index (χ0n) is 19.3. The van der Waals surface area contributed by atoms with Gasteiger partial charge in [0.1, 0.15) is 17.2 Å². The van der Waals surface area contributed by atoms with Crippen LogP contribution in [0.2, 0.25) is 0 Å². The summed E-state index contributed by atoms with van der Waals surface area (Å²) in [5.74, 6) is -0.973. The molecule has 0 aliphatic heterocycles. The largest absolute Gasteiger partial charge is 0.496 e. The molecule has 0 saturated heterocycles. The van der Waals surface area contributed by atoms with E-state index in [-0.39, 0.29) is 25.0 Å². The van der Waals surface area contributed by atoms with Gasteiger partial charge >= 0.3 is 5.97 Å². The van der Waals surface area contributed by atoms with Crippen molar-refractivity contribution in [2.75, 3.05) is 20.3 Å². The summed E-state index contributed by atoms with van der Waals surface area (Å²) in [7, 11) is 1.48. The topological polar surface area (TPSA) is 93.7 Å². The summed E-state index contributed by atoms with van der Waals surface area (Å²) < 4.78 is 10.5. The third-order valence-electron chi connectivity index (χ3n) is 5.34. The number of hydrogen-bond acceptors (Lipinski definition) is 5. The van der Waals surface area contributed by atoms with Crippen LogP contribution in [0.3, 0.4) is 0 Å². The van der Waals surface area contributed by atoms with E-state index >= 15 is 0 Å². The van der Waals surface area contributed by atoms with Crippen LogP contribution in [0.25, 0.3) is 0 Å². The Morgan fingerprint density at radius 1 is 1.00 bits per heavy atom. The molecule has 0 aliphatic carbocycles. The lowest BCUT2D eigenvalue weighted by Gasteiger charge is -2.30. The van der Waals surface area contributed by atoms with E-state index in [1.165, 1.54) is 7.11 Å². The van der Waals surface area contributed by atoms with Gasteiger partial charge in [-0.1, -0.05) is 56.3 Å². The molecule has 0 fully saturated rings. The Morgan fingerprint density at radius 2 is 1.62 bits per heavy atom. The Balaban J connectivity index is 2.19. The predicted octanol–water partition coefficient (Wildman–Crippen LogP) is 3.09. The minimum absolute atomic E-state index is 0.0302. The summed E-state index contributed by atoms with van der Waals surface area (Å²) in [4.78, 5) is 38.6. The van der Waals surface area contributed by atoms with Crippen LogP contribution >= 0.6 is 0 Å². The molecule has 0 heterocycles. The van der Waals surface area contributed by atoms with E-state index in [1.807, 2.05) is 44.2 Å². The van der Waals surface area contributed by atoms with Crippen LogP contribution < -0.4 is 15.4 Å².